The predicted molar refractivity (Wildman–Crippen MR) is 49.9 cm³/mol. The Balaban J connectivity index is 2.86. The van der Waals surface area contributed by atoms with E-state index in [2.05, 4.69) is 29.7 Å². The van der Waals surface area contributed by atoms with Crippen LogP contribution in [0.5, 0.6) is 0 Å². The number of thioether (sulfide) groups is 1. The van der Waals surface area contributed by atoms with E-state index in [-0.39, 0.29) is 0 Å². The van der Waals surface area contributed by atoms with Crippen LogP contribution in [0.25, 0.3) is 0 Å². The van der Waals surface area contributed by atoms with Crippen molar-refractivity contribution in [3.05, 3.63) is 17.7 Å². The van der Waals surface area contributed by atoms with Gasteiger partial charge in [-0.2, -0.15) is 11.8 Å². The molecule has 1 aromatic heterocycles. The van der Waals surface area contributed by atoms with E-state index in [0.29, 0.717) is 0 Å². The van der Waals surface area contributed by atoms with Crippen LogP contribution in [0.2, 0.25) is 0 Å². The third-order valence-corrected chi connectivity index (χ3v) is 2.27. The van der Waals surface area contributed by atoms with Gasteiger partial charge in [-0.3, -0.25) is 0 Å². The first-order valence-electron chi connectivity index (χ1n) is 3.79. The van der Waals surface area contributed by atoms with Gasteiger partial charge < -0.3 is 4.57 Å². The number of aromatic nitrogens is 2. The summed E-state index contributed by atoms with van der Waals surface area (Å²) in [5.74, 6) is 2.21. The molecular weight excluding hydrogens is 156 g/mol. The van der Waals surface area contributed by atoms with E-state index in [0.717, 1.165) is 12.3 Å². The van der Waals surface area contributed by atoms with Crippen molar-refractivity contribution in [2.24, 2.45) is 0 Å². The van der Waals surface area contributed by atoms with Gasteiger partial charge in [0, 0.05) is 18.4 Å². The van der Waals surface area contributed by atoms with Crippen LogP contribution in [0.3, 0.4) is 0 Å². The lowest BCUT2D eigenvalue weighted by atomic mass is 10.5. The molecule has 0 aliphatic heterocycles. The Morgan fingerprint density at radius 2 is 2.36 bits per heavy atom. The van der Waals surface area contributed by atoms with Crippen molar-refractivity contribution in [1.82, 2.24) is 9.55 Å². The van der Waals surface area contributed by atoms with Crippen molar-refractivity contribution in [3.63, 3.8) is 0 Å². The van der Waals surface area contributed by atoms with E-state index < -0.39 is 0 Å². The van der Waals surface area contributed by atoms with Gasteiger partial charge in [0.15, 0.2) is 0 Å². The molecule has 0 unspecified atom stereocenters. The van der Waals surface area contributed by atoms with E-state index in [9.17, 15) is 0 Å². The van der Waals surface area contributed by atoms with Gasteiger partial charge in [-0.15, -0.1) is 0 Å². The zero-order valence-corrected chi connectivity index (χ0v) is 8.11. The van der Waals surface area contributed by atoms with Crippen LogP contribution < -0.4 is 0 Å². The molecule has 0 aliphatic carbocycles. The average molecular weight is 170 g/mol. The van der Waals surface area contributed by atoms with Crippen molar-refractivity contribution in [1.29, 1.82) is 0 Å². The Hall–Kier alpha value is -0.440. The van der Waals surface area contributed by atoms with Crippen LogP contribution in [-0.2, 0) is 12.3 Å². The van der Waals surface area contributed by atoms with Crippen molar-refractivity contribution in [3.8, 4) is 0 Å². The molecule has 1 aromatic rings. The molecule has 3 heteroatoms. The fourth-order valence-corrected chi connectivity index (χ4v) is 1.68. The standard InChI is InChI=1S/C8H14N2S/c1-4-10-7(2)5-9-8(10)6-11-3/h5H,4,6H2,1-3H3. The lowest BCUT2D eigenvalue weighted by molar-refractivity contribution is 0.705. The molecular formula is C8H14N2S. The Morgan fingerprint density at radius 1 is 1.64 bits per heavy atom. The van der Waals surface area contributed by atoms with Crippen LogP contribution >= 0.6 is 11.8 Å². The first-order valence-corrected chi connectivity index (χ1v) is 5.19. The van der Waals surface area contributed by atoms with Gasteiger partial charge >= 0.3 is 0 Å². The van der Waals surface area contributed by atoms with Gasteiger partial charge in [0.05, 0.1) is 5.75 Å². The highest BCUT2D eigenvalue weighted by atomic mass is 32.2. The molecule has 0 saturated carbocycles. The molecule has 0 saturated heterocycles. The summed E-state index contributed by atoms with van der Waals surface area (Å²) in [5, 5.41) is 0. The van der Waals surface area contributed by atoms with Crippen molar-refractivity contribution in [2.45, 2.75) is 26.1 Å². The van der Waals surface area contributed by atoms with Crippen LogP contribution in [0, 0.1) is 6.92 Å². The summed E-state index contributed by atoms with van der Waals surface area (Å²) < 4.78 is 2.25. The Bertz CT molecular complexity index is 230. The molecule has 0 amide bonds. The van der Waals surface area contributed by atoms with Gasteiger partial charge in [-0.05, 0) is 20.1 Å². The molecule has 11 heavy (non-hydrogen) atoms. The monoisotopic (exact) mass is 170 g/mol. The zero-order valence-electron chi connectivity index (χ0n) is 7.29. The van der Waals surface area contributed by atoms with E-state index >= 15 is 0 Å². The second-order valence-corrected chi connectivity index (χ2v) is 3.36. The number of imidazole rings is 1. The van der Waals surface area contributed by atoms with Crippen molar-refractivity contribution in [2.75, 3.05) is 6.26 Å². The minimum absolute atomic E-state index is 1.02. The smallest absolute Gasteiger partial charge is 0.118 e. The maximum absolute atomic E-state index is 4.32. The molecule has 0 N–H and O–H groups in total. The fraction of sp³-hybridized carbons (Fsp3) is 0.625. The number of aryl methyl sites for hydroxylation is 1. The number of nitrogens with zero attached hydrogens (tertiary/aromatic N) is 2. The van der Waals surface area contributed by atoms with Crippen LogP contribution in [0.15, 0.2) is 6.20 Å². The highest BCUT2D eigenvalue weighted by molar-refractivity contribution is 7.97. The number of hydrogen-bond acceptors (Lipinski definition) is 2. The normalized spacial score (nSPS) is 10.5. The summed E-state index contributed by atoms with van der Waals surface area (Å²) >= 11 is 1.81. The summed E-state index contributed by atoms with van der Waals surface area (Å²) in [6.07, 6.45) is 4.04. The largest absolute Gasteiger partial charge is 0.332 e. The molecule has 0 atom stereocenters. The molecule has 1 rings (SSSR count). The highest BCUT2D eigenvalue weighted by Crippen LogP contribution is 2.09. The van der Waals surface area contributed by atoms with Crippen LogP contribution in [0.4, 0.5) is 0 Å². The second kappa shape index (κ2) is 3.81. The first kappa shape index (κ1) is 8.65. The average Bonchev–Trinajstić information content (AvgIpc) is 2.33. The molecule has 1 heterocycles. The first-order chi connectivity index (χ1) is 5.29. The molecule has 0 aromatic carbocycles. The maximum Gasteiger partial charge on any atom is 0.118 e. The Kier molecular flexibility index (Phi) is 3.00. The van der Waals surface area contributed by atoms with Crippen molar-refractivity contribution >= 4 is 11.8 Å². The molecule has 0 aliphatic rings. The summed E-state index contributed by atoms with van der Waals surface area (Å²) in [4.78, 5) is 4.32. The lowest BCUT2D eigenvalue weighted by Gasteiger charge is -2.04. The minimum Gasteiger partial charge on any atom is -0.332 e. The number of rotatable bonds is 3. The van der Waals surface area contributed by atoms with Gasteiger partial charge in [0.25, 0.3) is 0 Å². The third kappa shape index (κ3) is 1.77. The molecule has 62 valence electrons. The van der Waals surface area contributed by atoms with Gasteiger partial charge in [0.1, 0.15) is 5.82 Å². The topological polar surface area (TPSA) is 17.8 Å². The van der Waals surface area contributed by atoms with Gasteiger partial charge in [-0.1, -0.05) is 0 Å². The predicted octanol–water partition coefficient (Wildman–Crippen LogP) is 2.07. The maximum atomic E-state index is 4.32. The molecule has 0 spiro atoms. The van der Waals surface area contributed by atoms with Gasteiger partial charge in [-0.25, -0.2) is 4.98 Å². The van der Waals surface area contributed by atoms with E-state index in [4.69, 9.17) is 0 Å². The summed E-state index contributed by atoms with van der Waals surface area (Å²) in [6.45, 7) is 5.28. The second-order valence-electron chi connectivity index (χ2n) is 2.49. The van der Waals surface area contributed by atoms with Gasteiger partial charge in [0.2, 0.25) is 0 Å². The summed E-state index contributed by atoms with van der Waals surface area (Å²) in [5.41, 5.74) is 1.26. The van der Waals surface area contributed by atoms with Crippen LogP contribution in [0.1, 0.15) is 18.4 Å². The number of hydrogen-bond donors (Lipinski definition) is 0. The molecule has 0 fully saturated rings. The highest BCUT2D eigenvalue weighted by Gasteiger charge is 2.02. The van der Waals surface area contributed by atoms with E-state index in [1.807, 2.05) is 18.0 Å². The van der Waals surface area contributed by atoms with Crippen molar-refractivity contribution < 1.29 is 0 Å². The minimum atomic E-state index is 1.02. The quantitative estimate of drug-likeness (QED) is 0.691. The SMILES string of the molecule is CCn1c(C)cnc1CSC. The lowest BCUT2D eigenvalue weighted by Crippen LogP contribution is -2.01. The summed E-state index contributed by atoms with van der Waals surface area (Å²) in [7, 11) is 0. The Labute approximate surface area is 72.0 Å². The molecule has 0 bridgehead atoms. The van der Waals surface area contributed by atoms with E-state index in [1.165, 1.54) is 11.5 Å². The summed E-state index contributed by atoms with van der Waals surface area (Å²) in [6, 6.07) is 0. The third-order valence-electron chi connectivity index (χ3n) is 1.73. The Morgan fingerprint density at radius 3 is 2.91 bits per heavy atom. The van der Waals surface area contributed by atoms with E-state index in [1.54, 1.807) is 0 Å². The fourth-order valence-electron chi connectivity index (χ4n) is 1.19. The molecule has 0 radical (unpaired) electrons. The van der Waals surface area contributed by atoms with Crippen LogP contribution in [-0.4, -0.2) is 15.8 Å². The zero-order chi connectivity index (χ0) is 8.27. The molecule has 2 nitrogen and oxygen atoms in total.